The summed E-state index contributed by atoms with van der Waals surface area (Å²) in [5.74, 6) is -0.00507. The number of rotatable bonds is 1. The zero-order valence-corrected chi connectivity index (χ0v) is 11.8. The first-order valence-corrected chi connectivity index (χ1v) is 6.61. The Bertz CT molecular complexity index is 439. The molecule has 1 fully saturated rings. The van der Waals surface area contributed by atoms with Gasteiger partial charge in [-0.2, -0.15) is 0 Å². The van der Waals surface area contributed by atoms with Gasteiger partial charge in [-0.15, -0.1) is 0 Å². The fourth-order valence-corrected chi connectivity index (χ4v) is 2.45. The normalized spacial score (nSPS) is 20.4. The minimum absolute atomic E-state index is 0.00507. The third kappa shape index (κ3) is 2.81. The third-order valence-corrected chi connectivity index (χ3v) is 4.11. The van der Waals surface area contributed by atoms with Crippen molar-refractivity contribution in [1.29, 1.82) is 0 Å². The maximum absolute atomic E-state index is 12.3. The Morgan fingerprint density at radius 3 is 3.06 bits per heavy atom. The molecule has 5 heteroatoms. The van der Waals surface area contributed by atoms with Crippen LogP contribution in [-0.2, 0) is 4.74 Å². The molecule has 0 N–H and O–H groups in total. The number of benzene rings is 1. The second-order valence-electron chi connectivity index (χ2n) is 4.03. The fraction of sp³-hybridized carbons (Fsp3) is 0.417. The van der Waals surface area contributed by atoms with E-state index in [1.54, 1.807) is 23.1 Å². The van der Waals surface area contributed by atoms with Crippen LogP contribution in [-0.4, -0.2) is 36.6 Å². The Morgan fingerprint density at radius 2 is 2.35 bits per heavy atom. The van der Waals surface area contributed by atoms with E-state index in [9.17, 15) is 4.79 Å². The zero-order chi connectivity index (χ0) is 12.4. The van der Waals surface area contributed by atoms with Gasteiger partial charge in [-0.1, -0.05) is 17.7 Å². The highest BCUT2D eigenvalue weighted by atomic mass is 79.9. The molecule has 1 aliphatic heterocycles. The summed E-state index contributed by atoms with van der Waals surface area (Å²) < 4.78 is 6.07. The summed E-state index contributed by atoms with van der Waals surface area (Å²) in [6.07, 6.45) is 0.0886. The van der Waals surface area contributed by atoms with E-state index in [-0.39, 0.29) is 12.0 Å². The van der Waals surface area contributed by atoms with Gasteiger partial charge in [-0.05, 0) is 35.0 Å². The van der Waals surface area contributed by atoms with Crippen LogP contribution < -0.4 is 0 Å². The van der Waals surface area contributed by atoms with Crippen LogP contribution in [0.1, 0.15) is 17.3 Å². The zero-order valence-electron chi connectivity index (χ0n) is 9.45. The number of nitrogens with zero attached hydrogens (tertiary/aromatic N) is 1. The molecular weight excluding hydrogens is 305 g/mol. The molecule has 0 aromatic heterocycles. The molecule has 0 saturated carbocycles. The second kappa shape index (κ2) is 5.38. The van der Waals surface area contributed by atoms with Crippen LogP contribution in [0, 0.1) is 0 Å². The summed E-state index contributed by atoms with van der Waals surface area (Å²) in [7, 11) is 0. The van der Waals surface area contributed by atoms with Gasteiger partial charge in [-0.25, -0.2) is 0 Å². The van der Waals surface area contributed by atoms with Gasteiger partial charge < -0.3 is 9.64 Å². The van der Waals surface area contributed by atoms with Crippen LogP contribution in [0.5, 0.6) is 0 Å². The summed E-state index contributed by atoms with van der Waals surface area (Å²) >= 11 is 9.34. The molecule has 0 bridgehead atoms. The van der Waals surface area contributed by atoms with Gasteiger partial charge in [0.25, 0.3) is 5.91 Å². The van der Waals surface area contributed by atoms with Gasteiger partial charge in [0, 0.05) is 17.6 Å². The van der Waals surface area contributed by atoms with E-state index in [2.05, 4.69) is 15.9 Å². The van der Waals surface area contributed by atoms with Crippen molar-refractivity contribution >= 4 is 33.4 Å². The van der Waals surface area contributed by atoms with E-state index < -0.39 is 0 Å². The van der Waals surface area contributed by atoms with Crippen molar-refractivity contribution in [1.82, 2.24) is 4.90 Å². The molecule has 3 nitrogen and oxygen atoms in total. The lowest BCUT2D eigenvalue weighted by Crippen LogP contribution is -2.44. The van der Waals surface area contributed by atoms with E-state index in [1.165, 1.54) is 0 Å². The van der Waals surface area contributed by atoms with Gasteiger partial charge in [0.15, 0.2) is 0 Å². The van der Waals surface area contributed by atoms with E-state index in [0.717, 1.165) is 0 Å². The first-order chi connectivity index (χ1) is 8.09. The number of hydrogen-bond donors (Lipinski definition) is 0. The molecule has 1 aliphatic rings. The molecule has 0 unspecified atom stereocenters. The molecule has 0 radical (unpaired) electrons. The highest BCUT2D eigenvalue weighted by Gasteiger charge is 2.24. The molecule has 2 rings (SSSR count). The van der Waals surface area contributed by atoms with E-state index in [1.807, 2.05) is 6.92 Å². The minimum atomic E-state index is -0.00507. The van der Waals surface area contributed by atoms with Gasteiger partial charge in [0.1, 0.15) is 0 Å². The summed E-state index contributed by atoms with van der Waals surface area (Å²) in [6.45, 7) is 3.80. The van der Waals surface area contributed by atoms with Gasteiger partial charge in [0.2, 0.25) is 0 Å². The molecule has 1 atom stereocenters. The van der Waals surface area contributed by atoms with Crippen LogP contribution in [0.3, 0.4) is 0 Å². The Morgan fingerprint density at radius 1 is 1.59 bits per heavy atom. The van der Waals surface area contributed by atoms with Crippen molar-refractivity contribution in [2.75, 3.05) is 19.7 Å². The molecular formula is C12H13BrClNO2. The number of ether oxygens (including phenoxy) is 1. The van der Waals surface area contributed by atoms with Crippen molar-refractivity contribution in [3.63, 3.8) is 0 Å². The summed E-state index contributed by atoms with van der Waals surface area (Å²) in [5.41, 5.74) is 0.603. The Hall–Kier alpha value is -0.580. The Balaban J connectivity index is 2.22. The van der Waals surface area contributed by atoms with Crippen LogP contribution in [0.15, 0.2) is 22.7 Å². The number of hydrogen-bond acceptors (Lipinski definition) is 2. The second-order valence-corrected chi connectivity index (χ2v) is 5.23. The SMILES string of the molecule is C[C@@H]1CN(C(=O)c2cccc(Cl)c2Br)CCO1. The standard InChI is InChI=1S/C12H13BrClNO2/c1-8-7-15(5-6-17-8)12(16)9-3-2-4-10(14)11(9)13/h2-4,8H,5-7H2,1H3/t8-/m1/s1. The molecule has 1 aromatic rings. The topological polar surface area (TPSA) is 29.5 Å². The van der Waals surface area contributed by atoms with Gasteiger partial charge >= 0.3 is 0 Å². The summed E-state index contributed by atoms with van der Waals surface area (Å²) in [6, 6.07) is 5.31. The molecule has 92 valence electrons. The van der Waals surface area contributed by atoms with Crippen LogP contribution in [0.4, 0.5) is 0 Å². The number of carbonyl (C=O) groups is 1. The smallest absolute Gasteiger partial charge is 0.255 e. The molecule has 1 saturated heterocycles. The van der Waals surface area contributed by atoms with Crippen molar-refractivity contribution in [2.24, 2.45) is 0 Å². The van der Waals surface area contributed by atoms with Crippen molar-refractivity contribution in [2.45, 2.75) is 13.0 Å². The number of halogens is 2. The third-order valence-electron chi connectivity index (χ3n) is 2.71. The maximum Gasteiger partial charge on any atom is 0.255 e. The maximum atomic E-state index is 12.3. The van der Waals surface area contributed by atoms with E-state index in [4.69, 9.17) is 16.3 Å². The average molecular weight is 319 g/mol. The molecule has 17 heavy (non-hydrogen) atoms. The monoisotopic (exact) mass is 317 g/mol. The molecule has 1 amide bonds. The summed E-state index contributed by atoms with van der Waals surface area (Å²) in [5, 5.41) is 0.553. The van der Waals surface area contributed by atoms with Crippen LogP contribution >= 0.6 is 27.5 Å². The van der Waals surface area contributed by atoms with Crippen molar-refractivity contribution in [3.05, 3.63) is 33.3 Å². The number of amides is 1. The lowest BCUT2D eigenvalue weighted by Gasteiger charge is -2.31. The van der Waals surface area contributed by atoms with Crippen LogP contribution in [0.2, 0.25) is 5.02 Å². The van der Waals surface area contributed by atoms with Crippen molar-refractivity contribution < 1.29 is 9.53 Å². The fourth-order valence-electron chi connectivity index (χ4n) is 1.84. The predicted molar refractivity (Wildman–Crippen MR) is 70.5 cm³/mol. The molecule has 1 aromatic carbocycles. The Kier molecular flexibility index (Phi) is 4.07. The first-order valence-electron chi connectivity index (χ1n) is 5.44. The largest absolute Gasteiger partial charge is 0.375 e. The molecule has 1 heterocycles. The van der Waals surface area contributed by atoms with Gasteiger partial charge in [0.05, 0.1) is 23.3 Å². The van der Waals surface area contributed by atoms with Crippen LogP contribution in [0.25, 0.3) is 0 Å². The highest BCUT2D eigenvalue weighted by molar-refractivity contribution is 9.10. The average Bonchev–Trinajstić information content (AvgIpc) is 2.32. The highest BCUT2D eigenvalue weighted by Crippen LogP contribution is 2.27. The predicted octanol–water partition coefficient (Wildman–Crippen LogP) is 2.96. The van der Waals surface area contributed by atoms with Crippen molar-refractivity contribution in [3.8, 4) is 0 Å². The van der Waals surface area contributed by atoms with E-state index >= 15 is 0 Å². The molecule has 0 aliphatic carbocycles. The number of carbonyl (C=O) groups excluding carboxylic acids is 1. The minimum Gasteiger partial charge on any atom is -0.375 e. The lowest BCUT2D eigenvalue weighted by atomic mass is 10.2. The number of morpholine rings is 1. The van der Waals surface area contributed by atoms with E-state index in [0.29, 0.717) is 34.8 Å². The quantitative estimate of drug-likeness (QED) is 0.797. The first kappa shape index (κ1) is 12.9. The summed E-state index contributed by atoms with van der Waals surface area (Å²) in [4.78, 5) is 14.1. The lowest BCUT2D eigenvalue weighted by molar-refractivity contribution is -0.0124. The molecule has 0 spiro atoms. The Labute approximate surface area is 114 Å². The van der Waals surface area contributed by atoms with Gasteiger partial charge in [-0.3, -0.25) is 4.79 Å².